The van der Waals surface area contributed by atoms with Crippen LogP contribution < -0.4 is 0 Å². The van der Waals surface area contributed by atoms with Crippen molar-refractivity contribution in [1.29, 1.82) is 0 Å². The second kappa shape index (κ2) is 5.70. The van der Waals surface area contributed by atoms with Crippen molar-refractivity contribution in [3.8, 4) is 11.5 Å². The predicted octanol–water partition coefficient (Wildman–Crippen LogP) is 5.23. The van der Waals surface area contributed by atoms with Crippen molar-refractivity contribution in [2.75, 3.05) is 0 Å². The van der Waals surface area contributed by atoms with E-state index in [-0.39, 0.29) is 5.92 Å². The monoisotopic (exact) mass is 361 g/mol. The van der Waals surface area contributed by atoms with Gasteiger partial charge in [-0.1, -0.05) is 49.7 Å². The molecule has 0 aliphatic rings. The van der Waals surface area contributed by atoms with Gasteiger partial charge in [-0.2, -0.15) is 0 Å². The Bertz CT molecular complexity index is 812. The molecule has 5 heteroatoms. The van der Waals surface area contributed by atoms with Gasteiger partial charge in [0, 0.05) is 11.6 Å². The number of aromatic nitrogens is 3. The Morgan fingerprint density at radius 1 is 1.10 bits per heavy atom. The first-order valence-corrected chi connectivity index (χ1v) is 7.82. The maximum Gasteiger partial charge on any atom is 0.180 e. The quantitative estimate of drug-likeness (QED) is 0.586. The fraction of sp³-hybridized carbons (Fsp3) is 0.188. The molecule has 0 aliphatic carbocycles. The maximum atomic E-state index is 6.24. The third kappa shape index (κ3) is 2.65. The minimum absolute atomic E-state index is 0.244. The van der Waals surface area contributed by atoms with E-state index in [9.17, 15) is 0 Å². The van der Waals surface area contributed by atoms with Gasteiger partial charge >= 0.3 is 0 Å². The van der Waals surface area contributed by atoms with Gasteiger partial charge in [0.25, 0.3) is 0 Å². The SMILES string of the molecule is CC(C)c1nc(-c2nccc3ccccc23)nc(Cl)c1Br. The number of pyridine rings is 1. The summed E-state index contributed by atoms with van der Waals surface area (Å²) in [5.41, 5.74) is 1.64. The molecule has 1 aromatic carbocycles. The van der Waals surface area contributed by atoms with Crippen LogP contribution in [0, 0.1) is 0 Å². The van der Waals surface area contributed by atoms with E-state index in [1.54, 1.807) is 6.20 Å². The zero-order valence-corrected chi connectivity index (χ0v) is 14.0. The van der Waals surface area contributed by atoms with Gasteiger partial charge in [-0.25, -0.2) is 9.97 Å². The number of hydrogen-bond donors (Lipinski definition) is 0. The first-order chi connectivity index (χ1) is 10.1. The molecule has 106 valence electrons. The van der Waals surface area contributed by atoms with E-state index in [1.807, 2.05) is 30.3 Å². The lowest BCUT2D eigenvalue weighted by molar-refractivity contribution is 0.808. The summed E-state index contributed by atoms with van der Waals surface area (Å²) in [5.74, 6) is 0.803. The minimum atomic E-state index is 0.244. The van der Waals surface area contributed by atoms with Crippen molar-refractivity contribution in [2.24, 2.45) is 0 Å². The fourth-order valence-corrected chi connectivity index (χ4v) is 3.03. The average molecular weight is 363 g/mol. The Labute approximate surface area is 136 Å². The first-order valence-electron chi connectivity index (χ1n) is 6.65. The first kappa shape index (κ1) is 14.4. The molecule has 21 heavy (non-hydrogen) atoms. The number of fused-ring (bicyclic) bond motifs is 1. The highest BCUT2D eigenvalue weighted by molar-refractivity contribution is 9.10. The minimum Gasteiger partial charge on any atom is -0.252 e. The molecule has 0 bridgehead atoms. The molecule has 0 atom stereocenters. The molecule has 0 fully saturated rings. The molecule has 0 N–H and O–H groups in total. The Balaban J connectivity index is 2.28. The van der Waals surface area contributed by atoms with E-state index < -0.39 is 0 Å². The molecule has 3 aromatic rings. The average Bonchev–Trinajstić information content (AvgIpc) is 2.49. The van der Waals surface area contributed by atoms with Crippen LogP contribution in [-0.4, -0.2) is 15.0 Å². The number of hydrogen-bond acceptors (Lipinski definition) is 3. The van der Waals surface area contributed by atoms with Crippen molar-refractivity contribution in [2.45, 2.75) is 19.8 Å². The molecule has 3 rings (SSSR count). The van der Waals surface area contributed by atoms with Crippen molar-refractivity contribution in [3.05, 3.63) is 51.8 Å². The van der Waals surface area contributed by atoms with Crippen LogP contribution in [0.5, 0.6) is 0 Å². The van der Waals surface area contributed by atoms with Gasteiger partial charge in [-0.15, -0.1) is 0 Å². The van der Waals surface area contributed by atoms with E-state index in [2.05, 4.69) is 44.7 Å². The second-order valence-corrected chi connectivity index (χ2v) is 6.22. The van der Waals surface area contributed by atoms with Gasteiger partial charge in [-0.3, -0.25) is 4.98 Å². The summed E-state index contributed by atoms with van der Waals surface area (Å²) >= 11 is 9.70. The lowest BCUT2D eigenvalue weighted by atomic mass is 10.1. The normalized spacial score (nSPS) is 11.3. The molecule has 0 aliphatic heterocycles. The number of rotatable bonds is 2. The zero-order chi connectivity index (χ0) is 15.0. The highest BCUT2D eigenvalue weighted by Gasteiger charge is 2.16. The van der Waals surface area contributed by atoms with Crippen molar-refractivity contribution in [1.82, 2.24) is 15.0 Å². The van der Waals surface area contributed by atoms with E-state index in [4.69, 9.17) is 11.6 Å². The fourth-order valence-electron chi connectivity index (χ4n) is 2.22. The zero-order valence-electron chi connectivity index (χ0n) is 11.6. The smallest absolute Gasteiger partial charge is 0.180 e. The number of nitrogens with zero attached hydrogens (tertiary/aromatic N) is 3. The van der Waals surface area contributed by atoms with E-state index in [1.165, 1.54) is 0 Å². The van der Waals surface area contributed by atoms with Crippen LogP contribution in [0.4, 0.5) is 0 Å². The largest absolute Gasteiger partial charge is 0.252 e. The standard InChI is InChI=1S/C16H13BrClN3/c1-9(2)13-12(17)15(18)21-16(20-13)14-11-6-4-3-5-10(11)7-8-19-14/h3-9H,1-2H3. The van der Waals surface area contributed by atoms with E-state index in [0.29, 0.717) is 11.0 Å². The third-order valence-corrected chi connectivity index (χ3v) is 4.55. The topological polar surface area (TPSA) is 38.7 Å². The van der Waals surface area contributed by atoms with Crippen LogP contribution in [0.25, 0.3) is 22.3 Å². The Hall–Kier alpha value is -1.52. The number of benzene rings is 1. The maximum absolute atomic E-state index is 6.24. The van der Waals surface area contributed by atoms with Crippen molar-refractivity contribution in [3.63, 3.8) is 0 Å². The molecular weight excluding hydrogens is 350 g/mol. The molecule has 0 spiro atoms. The summed E-state index contributed by atoms with van der Waals surface area (Å²) in [5, 5.41) is 2.54. The summed E-state index contributed by atoms with van der Waals surface area (Å²) in [7, 11) is 0. The van der Waals surface area contributed by atoms with Crippen LogP contribution >= 0.6 is 27.5 Å². The van der Waals surface area contributed by atoms with Crippen LogP contribution in [0.1, 0.15) is 25.5 Å². The van der Waals surface area contributed by atoms with Crippen LogP contribution in [0.15, 0.2) is 41.0 Å². The summed E-state index contributed by atoms with van der Waals surface area (Å²) < 4.78 is 0.753. The van der Waals surface area contributed by atoms with E-state index in [0.717, 1.165) is 26.6 Å². The molecule has 2 aromatic heterocycles. The molecular formula is C16H13BrClN3. The molecule has 0 amide bonds. The van der Waals surface area contributed by atoms with Crippen LogP contribution in [-0.2, 0) is 0 Å². The summed E-state index contributed by atoms with van der Waals surface area (Å²) in [4.78, 5) is 13.5. The Morgan fingerprint density at radius 3 is 2.62 bits per heavy atom. The van der Waals surface area contributed by atoms with Crippen molar-refractivity contribution >= 4 is 38.3 Å². The van der Waals surface area contributed by atoms with Crippen LogP contribution in [0.2, 0.25) is 5.15 Å². The van der Waals surface area contributed by atoms with Crippen LogP contribution in [0.3, 0.4) is 0 Å². The molecule has 0 saturated carbocycles. The Morgan fingerprint density at radius 2 is 1.86 bits per heavy atom. The molecule has 0 unspecified atom stereocenters. The van der Waals surface area contributed by atoms with Gasteiger partial charge in [0.2, 0.25) is 0 Å². The Kier molecular flexibility index (Phi) is 3.91. The van der Waals surface area contributed by atoms with Gasteiger partial charge in [0.05, 0.1) is 10.2 Å². The second-order valence-electron chi connectivity index (χ2n) is 5.07. The molecule has 2 heterocycles. The van der Waals surface area contributed by atoms with Gasteiger partial charge in [0.15, 0.2) is 5.82 Å². The molecule has 0 radical (unpaired) electrons. The highest BCUT2D eigenvalue weighted by atomic mass is 79.9. The van der Waals surface area contributed by atoms with Gasteiger partial charge < -0.3 is 0 Å². The number of halogens is 2. The predicted molar refractivity (Wildman–Crippen MR) is 89.6 cm³/mol. The third-order valence-electron chi connectivity index (χ3n) is 3.27. The lowest BCUT2D eigenvalue weighted by Gasteiger charge is -2.11. The lowest BCUT2D eigenvalue weighted by Crippen LogP contribution is -2.01. The van der Waals surface area contributed by atoms with Gasteiger partial charge in [0.1, 0.15) is 10.8 Å². The molecule has 3 nitrogen and oxygen atoms in total. The summed E-state index contributed by atoms with van der Waals surface area (Å²) in [6, 6.07) is 10.0. The highest BCUT2D eigenvalue weighted by Crippen LogP contribution is 2.32. The summed E-state index contributed by atoms with van der Waals surface area (Å²) in [6.45, 7) is 4.15. The van der Waals surface area contributed by atoms with Gasteiger partial charge in [-0.05, 0) is 33.3 Å². The summed E-state index contributed by atoms with van der Waals surface area (Å²) in [6.07, 6.45) is 1.77. The van der Waals surface area contributed by atoms with E-state index >= 15 is 0 Å². The van der Waals surface area contributed by atoms with Crippen molar-refractivity contribution < 1.29 is 0 Å². The molecule has 0 saturated heterocycles.